The molecule has 7 nitrogen and oxygen atoms in total. The molecular formula is C17H14ClN3O4S. The second kappa shape index (κ2) is 7.76. The molecule has 1 atom stereocenters. The van der Waals surface area contributed by atoms with Gasteiger partial charge in [-0.05, 0) is 24.6 Å². The molecule has 0 saturated carbocycles. The summed E-state index contributed by atoms with van der Waals surface area (Å²) in [5.41, 5.74) is 1.59. The van der Waals surface area contributed by atoms with E-state index in [9.17, 15) is 14.9 Å². The number of amides is 1. The fourth-order valence-electron chi connectivity index (χ4n) is 2.38. The first-order valence-corrected chi connectivity index (χ1v) is 9.02. The lowest BCUT2D eigenvalue weighted by molar-refractivity contribution is -0.384. The molecule has 0 bridgehead atoms. The van der Waals surface area contributed by atoms with E-state index in [0.29, 0.717) is 16.1 Å². The van der Waals surface area contributed by atoms with E-state index in [1.807, 2.05) is 25.1 Å². The predicted molar refractivity (Wildman–Crippen MR) is 99.4 cm³/mol. The summed E-state index contributed by atoms with van der Waals surface area (Å²) in [6, 6.07) is 11.2. The lowest BCUT2D eigenvalue weighted by atomic mass is 10.1. The van der Waals surface area contributed by atoms with Gasteiger partial charge in [0.2, 0.25) is 5.91 Å². The molecule has 0 fully saturated rings. The van der Waals surface area contributed by atoms with Crippen LogP contribution in [0.5, 0.6) is 0 Å². The quantitative estimate of drug-likeness (QED) is 0.381. The van der Waals surface area contributed by atoms with Crippen molar-refractivity contribution in [3.63, 3.8) is 0 Å². The van der Waals surface area contributed by atoms with Gasteiger partial charge in [-0.1, -0.05) is 41.6 Å². The molecule has 1 amide bonds. The summed E-state index contributed by atoms with van der Waals surface area (Å²) < 4.78 is 5.49. The first kappa shape index (κ1) is 18.2. The number of rotatable bonds is 6. The molecule has 1 aromatic heterocycles. The third kappa shape index (κ3) is 4.14. The number of non-ortho nitro benzene ring substituents is 1. The second-order valence-electron chi connectivity index (χ2n) is 5.49. The van der Waals surface area contributed by atoms with Crippen molar-refractivity contribution in [2.75, 3.05) is 5.75 Å². The topological polar surface area (TPSA) is 98.3 Å². The van der Waals surface area contributed by atoms with Gasteiger partial charge in [0.15, 0.2) is 5.58 Å². The number of nitro groups is 1. The average Bonchev–Trinajstić information content (AvgIpc) is 3.02. The highest BCUT2D eigenvalue weighted by molar-refractivity contribution is 7.99. The van der Waals surface area contributed by atoms with Crippen LogP contribution in [0.25, 0.3) is 11.1 Å². The van der Waals surface area contributed by atoms with E-state index in [1.165, 1.54) is 18.2 Å². The smallest absolute Gasteiger partial charge is 0.271 e. The molecule has 1 heterocycles. The molecule has 1 N–H and O–H groups in total. The molecule has 0 unspecified atom stereocenters. The molecule has 0 aliphatic heterocycles. The van der Waals surface area contributed by atoms with Crippen molar-refractivity contribution in [2.24, 2.45) is 0 Å². The Morgan fingerprint density at radius 3 is 2.88 bits per heavy atom. The number of halogens is 1. The number of thioether (sulfide) groups is 1. The molecular weight excluding hydrogens is 378 g/mol. The molecule has 3 rings (SSSR count). The number of nitrogens with one attached hydrogen (secondary N) is 1. The summed E-state index contributed by atoms with van der Waals surface area (Å²) in [5.74, 6) is -0.0976. The minimum atomic E-state index is -0.496. The van der Waals surface area contributed by atoms with Gasteiger partial charge in [0.25, 0.3) is 10.9 Å². The molecule has 0 spiro atoms. The van der Waals surface area contributed by atoms with Gasteiger partial charge < -0.3 is 9.73 Å². The summed E-state index contributed by atoms with van der Waals surface area (Å²) in [5, 5.41) is 14.5. The van der Waals surface area contributed by atoms with Crippen LogP contribution >= 0.6 is 23.4 Å². The van der Waals surface area contributed by atoms with E-state index in [-0.39, 0.29) is 28.6 Å². The van der Waals surface area contributed by atoms with E-state index in [2.05, 4.69) is 10.3 Å². The number of aromatic nitrogens is 1. The lowest BCUT2D eigenvalue weighted by Crippen LogP contribution is -2.28. The van der Waals surface area contributed by atoms with Crippen molar-refractivity contribution in [3.8, 4) is 0 Å². The van der Waals surface area contributed by atoms with Gasteiger partial charge in [-0.25, -0.2) is 4.98 Å². The molecule has 0 aliphatic rings. The van der Waals surface area contributed by atoms with Gasteiger partial charge in [0.05, 0.1) is 16.7 Å². The fourth-order valence-corrected chi connectivity index (χ4v) is 3.33. The van der Waals surface area contributed by atoms with Gasteiger partial charge in [-0.15, -0.1) is 0 Å². The first-order valence-electron chi connectivity index (χ1n) is 7.65. The molecule has 9 heteroatoms. The molecule has 26 heavy (non-hydrogen) atoms. The Morgan fingerprint density at radius 2 is 2.15 bits per heavy atom. The number of oxazole rings is 1. The van der Waals surface area contributed by atoms with E-state index in [1.54, 1.807) is 6.07 Å². The molecule has 0 aliphatic carbocycles. The number of nitro benzene ring substituents is 1. The number of benzene rings is 2. The first-order chi connectivity index (χ1) is 12.4. The largest absolute Gasteiger partial charge is 0.431 e. The number of fused-ring (bicyclic) bond motifs is 1. The Bertz CT molecular complexity index is 976. The van der Waals surface area contributed by atoms with Gasteiger partial charge in [-0.3, -0.25) is 14.9 Å². The van der Waals surface area contributed by atoms with Gasteiger partial charge >= 0.3 is 0 Å². The zero-order chi connectivity index (χ0) is 18.7. The highest BCUT2D eigenvalue weighted by Crippen LogP contribution is 2.27. The maximum absolute atomic E-state index is 12.1. The van der Waals surface area contributed by atoms with Crippen LogP contribution < -0.4 is 5.32 Å². The molecule has 0 saturated heterocycles. The maximum Gasteiger partial charge on any atom is 0.271 e. The number of carbonyl (C=O) groups is 1. The maximum atomic E-state index is 12.1. The Labute approximate surface area is 157 Å². The molecule has 2 aromatic carbocycles. The average molecular weight is 392 g/mol. The minimum absolute atomic E-state index is 0.0614. The summed E-state index contributed by atoms with van der Waals surface area (Å²) >= 11 is 7.24. The Hall–Kier alpha value is -2.58. The SMILES string of the molecule is C[C@@H](NC(=O)CSc1nc2cc([N+](=O)[O-])ccc2o1)c1ccccc1Cl. The second-order valence-corrected chi connectivity index (χ2v) is 6.82. The van der Waals surface area contributed by atoms with Crippen LogP contribution in [0.4, 0.5) is 5.69 Å². The number of hydrogen-bond acceptors (Lipinski definition) is 6. The minimum Gasteiger partial charge on any atom is -0.431 e. The van der Waals surface area contributed by atoms with Gasteiger partial charge in [0, 0.05) is 17.2 Å². The van der Waals surface area contributed by atoms with Crippen LogP contribution in [0.15, 0.2) is 52.1 Å². The Balaban J connectivity index is 1.61. The van der Waals surface area contributed by atoms with Crippen LogP contribution in [0.2, 0.25) is 5.02 Å². The number of nitrogens with zero attached hydrogens (tertiary/aromatic N) is 2. The normalized spacial score (nSPS) is 12.1. The van der Waals surface area contributed by atoms with E-state index < -0.39 is 4.92 Å². The Morgan fingerprint density at radius 1 is 1.38 bits per heavy atom. The number of carbonyl (C=O) groups excluding carboxylic acids is 1. The fraction of sp³-hybridized carbons (Fsp3) is 0.176. The summed E-state index contributed by atoms with van der Waals surface area (Å²) in [4.78, 5) is 26.6. The highest BCUT2D eigenvalue weighted by Gasteiger charge is 2.15. The van der Waals surface area contributed by atoms with E-state index in [4.69, 9.17) is 16.0 Å². The van der Waals surface area contributed by atoms with E-state index in [0.717, 1.165) is 17.3 Å². The van der Waals surface area contributed by atoms with Crippen LogP contribution in [-0.4, -0.2) is 21.6 Å². The lowest BCUT2D eigenvalue weighted by Gasteiger charge is -2.15. The van der Waals surface area contributed by atoms with Crippen molar-refractivity contribution < 1.29 is 14.1 Å². The molecule has 3 aromatic rings. The third-order valence-corrected chi connectivity index (χ3v) is 4.81. The molecule has 134 valence electrons. The van der Waals surface area contributed by atoms with E-state index >= 15 is 0 Å². The van der Waals surface area contributed by atoms with Crippen LogP contribution in [0.1, 0.15) is 18.5 Å². The van der Waals surface area contributed by atoms with Crippen LogP contribution in [0, 0.1) is 10.1 Å². The zero-order valence-electron chi connectivity index (χ0n) is 13.6. The van der Waals surface area contributed by atoms with Crippen LogP contribution in [-0.2, 0) is 4.79 Å². The van der Waals surface area contributed by atoms with Crippen molar-refractivity contribution in [2.45, 2.75) is 18.2 Å². The van der Waals surface area contributed by atoms with Crippen LogP contribution in [0.3, 0.4) is 0 Å². The third-order valence-electron chi connectivity index (χ3n) is 3.64. The monoisotopic (exact) mass is 391 g/mol. The molecule has 0 radical (unpaired) electrons. The Kier molecular flexibility index (Phi) is 5.43. The van der Waals surface area contributed by atoms with Gasteiger partial charge in [-0.2, -0.15) is 0 Å². The predicted octanol–water partition coefficient (Wildman–Crippen LogP) is 4.36. The van der Waals surface area contributed by atoms with Crippen molar-refractivity contribution in [1.82, 2.24) is 10.3 Å². The summed E-state index contributed by atoms with van der Waals surface area (Å²) in [6.45, 7) is 1.85. The summed E-state index contributed by atoms with van der Waals surface area (Å²) in [6.07, 6.45) is 0. The van der Waals surface area contributed by atoms with Crippen molar-refractivity contribution in [3.05, 3.63) is 63.2 Å². The van der Waals surface area contributed by atoms with Crippen molar-refractivity contribution >= 4 is 46.1 Å². The summed E-state index contributed by atoms with van der Waals surface area (Å²) in [7, 11) is 0. The highest BCUT2D eigenvalue weighted by atomic mass is 35.5. The zero-order valence-corrected chi connectivity index (χ0v) is 15.2. The standard InChI is InChI=1S/C17H14ClN3O4S/c1-10(12-4-2-3-5-13(12)18)19-16(22)9-26-17-20-14-8-11(21(23)24)6-7-15(14)25-17/h2-8,10H,9H2,1H3,(H,19,22)/t10-/m1/s1. The number of hydrogen-bond donors (Lipinski definition) is 1. The van der Waals surface area contributed by atoms with Gasteiger partial charge in [0.1, 0.15) is 5.52 Å². The van der Waals surface area contributed by atoms with Crippen molar-refractivity contribution in [1.29, 1.82) is 0 Å².